The summed E-state index contributed by atoms with van der Waals surface area (Å²) >= 11 is 0. The van der Waals surface area contributed by atoms with Gasteiger partial charge in [-0.25, -0.2) is 4.68 Å². The first-order chi connectivity index (χ1) is 13.9. The highest BCUT2D eigenvalue weighted by Crippen LogP contribution is 2.26. The Bertz CT molecular complexity index is 488. The van der Waals surface area contributed by atoms with Gasteiger partial charge >= 0.3 is 0 Å². The first kappa shape index (κ1) is 21.8. The highest BCUT2D eigenvalue weighted by Gasteiger charge is 2.17. The van der Waals surface area contributed by atoms with E-state index in [1.807, 2.05) is 0 Å². The molecule has 0 aliphatic heterocycles. The maximum atomic E-state index is 4.53. The topological polar surface area (TPSA) is 30.7 Å². The van der Waals surface area contributed by atoms with Gasteiger partial charge < -0.3 is 0 Å². The first-order valence-electron chi connectivity index (χ1n) is 12.8. The molecule has 3 heteroatoms. The van der Waals surface area contributed by atoms with Crippen molar-refractivity contribution >= 4 is 0 Å². The Kier molecular flexibility index (Phi) is 10.4. The van der Waals surface area contributed by atoms with Crippen molar-refractivity contribution < 1.29 is 0 Å². The molecule has 0 spiro atoms. The minimum absolute atomic E-state index is 0.811. The second-order valence-electron chi connectivity index (χ2n) is 9.80. The summed E-state index contributed by atoms with van der Waals surface area (Å²) in [7, 11) is 0. The fraction of sp³-hybridized carbons (Fsp3) is 0.920. The number of nitrogens with zero attached hydrogens (tertiary/aromatic N) is 3. The van der Waals surface area contributed by atoms with Gasteiger partial charge in [0.1, 0.15) is 0 Å². The van der Waals surface area contributed by atoms with Crippen LogP contribution in [0, 0.1) is 11.8 Å². The smallest absolute Gasteiger partial charge is 0.0725 e. The van der Waals surface area contributed by atoms with Crippen molar-refractivity contribution in [3.63, 3.8) is 0 Å². The molecule has 3 rings (SSSR count). The molecular weight excluding hydrogens is 342 g/mol. The molecule has 0 N–H and O–H groups in total. The van der Waals surface area contributed by atoms with Crippen molar-refractivity contribution in [1.29, 1.82) is 0 Å². The molecule has 3 nitrogen and oxygen atoms in total. The molecule has 0 radical (unpaired) electrons. The van der Waals surface area contributed by atoms with Gasteiger partial charge in [0, 0.05) is 6.54 Å². The van der Waals surface area contributed by atoms with E-state index in [0.717, 1.165) is 18.4 Å². The normalized spacial score (nSPS) is 23.1. The lowest BCUT2D eigenvalue weighted by molar-refractivity contribution is 0.321. The Morgan fingerprint density at radius 2 is 1.04 bits per heavy atom. The van der Waals surface area contributed by atoms with Gasteiger partial charge in [0.05, 0.1) is 11.9 Å². The summed E-state index contributed by atoms with van der Waals surface area (Å²) in [6.07, 6.45) is 30.5. The fourth-order valence-electron chi connectivity index (χ4n) is 5.48. The molecule has 0 saturated heterocycles. The van der Waals surface area contributed by atoms with Gasteiger partial charge in [0.25, 0.3) is 0 Å². The Balaban J connectivity index is 1.53. The zero-order valence-corrected chi connectivity index (χ0v) is 18.4. The van der Waals surface area contributed by atoms with Gasteiger partial charge in [-0.2, -0.15) is 0 Å². The van der Waals surface area contributed by atoms with Crippen LogP contribution in [-0.4, -0.2) is 15.0 Å². The summed E-state index contributed by atoms with van der Waals surface area (Å²) in [6, 6.07) is 0. The third-order valence-corrected chi connectivity index (χ3v) is 7.33. The van der Waals surface area contributed by atoms with E-state index in [1.54, 1.807) is 0 Å². The minimum Gasteiger partial charge on any atom is -0.249 e. The van der Waals surface area contributed by atoms with Crippen LogP contribution in [0.3, 0.4) is 0 Å². The molecule has 1 heterocycles. The molecule has 2 aliphatic rings. The lowest BCUT2D eigenvalue weighted by Gasteiger charge is -2.21. The van der Waals surface area contributed by atoms with Crippen LogP contribution in [0.1, 0.15) is 128 Å². The molecule has 160 valence electrons. The Morgan fingerprint density at radius 3 is 1.54 bits per heavy atom. The predicted octanol–water partition coefficient (Wildman–Crippen LogP) is 7.49. The van der Waals surface area contributed by atoms with Gasteiger partial charge in [-0.1, -0.05) is 114 Å². The third kappa shape index (κ3) is 8.25. The van der Waals surface area contributed by atoms with E-state index in [1.165, 1.54) is 134 Å². The van der Waals surface area contributed by atoms with Crippen molar-refractivity contribution in [2.24, 2.45) is 11.8 Å². The Morgan fingerprint density at radius 1 is 0.607 bits per heavy atom. The van der Waals surface area contributed by atoms with Crippen LogP contribution in [0.4, 0.5) is 0 Å². The zero-order valence-electron chi connectivity index (χ0n) is 18.4. The second-order valence-corrected chi connectivity index (χ2v) is 9.80. The van der Waals surface area contributed by atoms with Crippen LogP contribution in [-0.2, 0) is 13.0 Å². The zero-order chi connectivity index (χ0) is 19.3. The molecule has 1 aromatic rings. The van der Waals surface area contributed by atoms with Crippen molar-refractivity contribution in [1.82, 2.24) is 15.0 Å². The highest BCUT2D eigenvalue weighted by atomic mass is 15.4. The van der Waals surface area contributed by atoms with Crippen molar-refractivity contribution in [3.8, 4) is 0 Å². The SMILES string of the molecule is c1nnn(CC2CCCCCCCCC2)c1CC1CCCCCCCCCC1. The molecule has 2 aliphatic carbocycles. The van der Waals surface area contributed by atoms with E-state index in [9.17, 15) is 0 Å². The summed E-state index contributed by atoms with van der Waals surface area (Å²) in [5.41, 5.74) is 1.41. The summed E-state index contributed by atoms with van der Waals surface area (Å²) in [5, 5.41) is 8.86. The number of aromatic nitrogens is 3. The number of hydrogen-bond acceptors (Lipinski definition) is 2. The quantitative estimate of drug-likeness (QED) is 0.535. The second kappa shape index (κ2) is 13.4. The molecule has 1 aromatic heterocycles. The lowest BCUT2D eigenvalue weighted by atomic mass is 9.90. The lowest BCUT2D eigenvalue weighted by Crippen LogP contribution is -2.17. The van der Waals surface area contributed by atoms with Crippen LogP contribution in [0.15, 0.2) is 6.20 Å². The molecule has 0 aromatic carbocycles. The molecule has 0 amide bonds. The van der Waals surface area contributed by atoms with Crippen molar-refractivity contribution in [2.45, 2.75) is 135 Å². The molecule has 2 saturated carbocycles. The van der Waals surface area contributed by atoms with Gasteiger partial charge in [0.15, 0.2) is 0 Å². The maximum absolute atomic E-state index is 4.53. The Labute approximate surface area is 174 Å². The van der Waals surface area contributed by atoms with Crippen LogP contribution in [0.25, 0.3) is 0 Å². The minimum atomic E-state index is 0.811. The molecule has 28 heavy (non-hydrogen) atoms. The molecular formula is C25H45N3. The largest absolute Gasteiger partial charge is 0.249 e. The van der Waals surface area contributed by atoms with Gasteiger partial charge in [-0.05, 0) is 31.1 Å². The first-order valence-corrected chi connectivity index (χ1v) is 12.8. The molecule has 2 fully saturated rings. The fourth-order valence-corrected chi connectivity index (χ4v) is 5.48. The third-order valence-electron chi connectivity index (χ3n) is 7.33. The van der Waals surface area contributed by atoms with Gasteiger partial charge in [-0.15, -0.1) is 5.10 Å². The van der Waals surface area contributed by atoms with Crippen LogP contribution < -0.4 is 0 Å². The average Bonchev–Trinajstić information content (AvgIpc) is 3.11. The van der Waals surface area contributed by atoms with Crippen molar-refractivity contribution in [2.75, 3.05) is 0 Å². The van der Waals surface area contributed by atoms with E-state index < -0.39 is 0 Å². The van der Waals surface area contributed by atoms with E-state index in [4.69, 9.17) is 0 Å². The van der Waals surface area contributed by atoms with E-state index >= 15 is 0 Å². The number of hydrogen-bond donors (Lipinski definition) is 0. The number of rotatable bonds is 4. The van der Waals surface area contributed by atoms with Crippen LogP contribution in [0.2, 0.25) is 0 Å². The summed E-state index contributed by atoms with van der Waals surface area (Å²) < 4.78 is 2.29. The molecule has 0 unspecified atom stereocenters. The molecule has 0 bridgehead atoms. The summed E-state index contributed by atoms with van der Waals surface area (Å²) in [6.45, 7) is 1.11. The van der Waals surface area contributed by atoms with Crippen molar-refractivity contribution in [3.05, 3.63) is 11.9 Å². The predicted molar refractivity (Wildman–Crippen MR) is 118 cm³/mol. The van der Waals surface area contributed by atoms with E-state index in [0.29, 0.717) is 0 Å². The van der Waals surface area contributed by atoms with E-state index in [-0.39, 0.29) is 0 Å². The summed E-state index contributed by atoms with van der Waals surface area (Å²) in [4.78, 5) is 0. The summed E-state index contributed by atoms with van der Waals surface area (Å²) in [5.74, 6) is 1.66. The van der Waals surface area contributed by atoms with E-state index in [2.05, 4.69) is 21.2 Å². The maximum Gasteiger partial charge on any atom is 0.0725 e. The highest BCUT2D eigenvalue weighted by molar-refractivity contribution is 4.96. The Hall–Kier alpha value is -0.860. The van der Waals surface area contributed by atoms with Crippen LogP contribution in [0.5, 0.6) is 0 Å². The monoisotopic (exact) mass is 387 g/mol. The van der Waals surface area contributed by atoms with Gasteiger partial charge in [-0.3, -0.25) is 0 Å². The standard InChI is InChI=1S/C25H45N3/c1-2-5-9-13-17-23(16-12-8-4-1)20-25-21-26-27-28(25)22-24-18-14-10-6-3-7-11-15-19-24/h21,23-24H,1-20,22H2. The molecule has 0 atom stereocenters. The van der Waals surface area contributed by atoms with Crippen LogP contribution >= 0.6 is 0 Å². The average molecular weight is 388 g/mol. The van der Waals surface area contributed by atoms with Gasteiger partial charge in [0.2, 0.25) is 0 Å².